The van der Waals surface area contributed by atoms with E-state index in [-0.39, 0.29) is 0 Å². The molecule has 1 nitrogen and oxygen atoms in total. The van der Waals surface area contributed by atoms with Gasteiger partial charge in [0.25, 0.3) is 0 Å². The second-order valence-electron chi connectivity index (χ2n) is 3.24. The Morgan fingerprint density at radius 2 is 2.21 bits per heavy atom. The number of halogens is 2. The van der Waals surface area contributed by atoms with E-state index in [1.807, 2.05) is 18.2 Å². The summed E-state index contributed by atoms with van der Waals surface area (Å²) in [5.41, 5.74) is 1.15. The van der Waals surface area contributed by atoms with Crippen LogP contribution in [0.4, 0.5) is 0 Å². The Kier molecular flexibility index (Phi) is 5.53. The molecule has 0 fully saturated rings. The van der Waals surface area contributed by atoms with Gasteiger partial charge in [-0.3, -0.25) is 0 Å². The average Bonchev–Trinajstić information content (AvgIpc) is 2.19. The second-order valence-corrected chi connectivity index (χ2v) is 4.48. The molecule has 0 unspecified atom stereocenters. The highest BCUT2D eigenvalue weighted by molar-refractivity contribution is 9.10. The molecule has 0 aliphatic heterocycles. The first-order valence-electron chi connectivity index (χ1n) is 4.89. The SMILES string of the molecule is CCCCNCc1cccc(Br)c1Cl. The lowest BCUT2D eigenvalue weighted by atomic mass is 10.2. The summed E-state index contributed by atoms with van der Waals surface area (Å²) < 4.78 is 0.967. The van der Waals surface area contributed by atoms with Crippen LogP contribution in [0.5, 0.6) is 0 Å². The van der Waals surface area contributed by atoms with E-state index in [1.165, 1.54) is 12.8 Å². The zero-order chi connectivity index (χ0) is 10.4. The van der Waals surface area contributed by atoms with Crippen LogP contribution in [0.3, 0.4) is 0 Å². The predicted molar refractivity (Wildman–Crippen MR) is 65.8 cm³/mol. The van der Waals surface area contributed by atoms with Gasteiger partial charge in [0, 0.05) is 11.0 Å². The van der Waals surface area contributed by atoms with Gasteiger partial charge in [0.2, 0.25) is 0 Å². The first-order valence-corrected chi connectivity index (χ1v) is 6.06. The molecule has 0 aromatic heterocycles. The summed E-state index contributed by atoms with van der Waals surface area (Å²) in [5, 5.41) is 4.18. The van der Waals surface area contributed by atoms with Gasteiger partial charge in [-0.25, -0.2) is 0 Å². The van der Waals surface area contributed by atoms with Crippen molar-refractivity contribution in [1.29, 1.82) is 0 Å². The molecular weight excluding hydrogens is 261 g/mol. The lowest BCUT2D eigenvalue weighted by Crippen LogP contribution is -2.14. The second kappa shape index (κ2) is 6.44. The molecule has 0 aliphatic carbocycles. The molecule has 1 N–H and O–H groups in total. The highest BCUT2D eigenvalue weighted by Gasteiger charge is 2.02. The van der Waals surface area contributed by atoms with Gasteiger partial charge in [0.05, 0.1) is 5.02 Å². The third-order valence-electron chi connectivity index (χ3n) is 2.05. The fourth-order valence-electron chi connectivity index (χ4n) is 1.21. The van der Waals surface area contributed by atoms with Gasteiger partial charge in [0.15, 0.2) is 0 Å². The fourth-order valence-corrected chi connectivity index (χ4v) is 1.81. The highest BCUT2D eigenvalue weighted by atomic mass is 79.9. The molecule has 0 bridgehead atoms. The normalized spacial score (nSPS) is 10.5. The van der Waals surface area contributed by atoms with Crippen LogP contribution in [0.2, 0.25) is 5.02 Å². The van der Waals surface area contributed by atoms with Gasteiger partial charge in [-0.15, -0.1) is 0 Å². The van der Waals surface area contributed by atoms with E-state index in [0.29, 0.717) is 0 Å². The van der Waals surface area contributed by atoms with E-state index >= 15 is 0 Å². The van der Waals surface area contributed by atoms with Crippen LogP contribution in [-0.4, -0.2) is 6.54 Å². The van der Waals surface area contributed by atoms with Gasteiger partial charge < -0.3 is 5.32 Å². The molecule has 0 saturated carbocycles. The van der Waals surface area contributed by atoms with Crippen molar-refractivity contribution in [3.8, 4) is 0 Å². The monoisotopic (exact) mass is 275 g/mol. The maximum atomic E-state index is 6.12. The number of hydrogen-bond donors (Lipinski definition) is 1. The smallest absolute Gasteiger partial charge is 0.0592 e. The lowest BCUT2D eigenvalue weighted by Gasteiger charge is -2.07. The van der Waals surface area contributed by atoms with Crippen molar-refractivity contribution in [3.05, 3.63) is 33.3 Å². The average molecular weight is 277 g/mol. The topological polar surface area (TPSA) is 12.0 Å². The summed E-state index contributed by atoms with van der Waals surface area (Å²) >= 11 is 9.53. The van der Waals surface area contributed by atoms with Gasteiger partial charge in [-0.2, -0.15) is 0 Å². The van der Waals surface area contributed by atoms with Gasteiger partial charge in [-0.1, -0.05) is 37.1 Å². The first kappa shape index (κ1) is 12.0. The van der Waals surface area contributed by atoms with Crippen LogP contribution in [0.15, 0.2) is 22.7 Å². The Morgan fingerprint density at radius 3 is 2.93 bits per heavy atom. The summed E-state index contributed by atoms with van der Waals surface area (Å²) in [7, 11) is 0. The molecule has 3 heteroatoms. The van der Waals surface area contributed by atoms with Crippen molar-refractivity contribution in [2.75, 3.05) is 6.54 Å². The summed E-state index contributed by atoms with van der Waals surface area (Å²) in [4.78, 5) is 0. The summed E-state index contributed by atoms with van der Waals surface area (Å²) in [6, 6.07) is 6.01. The molecule has 78 valence electrons. The number of unbranched alkanes of at least 4 members (excludes halogenated alkanes) is 1. The van der Waals surface area contributed by atoms with Crippen molar-refractivity contribution >= 4 is 27.5 Å². The number of hydrogen-bond acceptors (Lipinski definition) is 1. The maximum absolute atomic E-state index is 6.12. The molecule has 0 heterocycles. The Morgan fingerprint density at radius 1 is 1.43 bits per heavy atom. The molecule has 0 saturated heterocycles. The van der Waals surface area contributed by atoms with Crippen molar-refractivity contribution in [3.63, 3.8) is 0 Å². The van der Waals surface area contributed by atoms with E-state index in [4.69, 9.17) is 11.6 Å². The Labute approximate surface area is 99.0 Å². The van der Waals surface area contributed by atoms with E-state index in [0.717, 1.165) is 28.1 Å². The molecule has 1 aromatic carbocycles. The number of nitrogens with one attached hydrogen (secondary N) is 1. The van der Waals surface area contributed by atoms with Crippen LogP contribution in [-0.2, 0) is 6.54 Å². The Balaban J connectivity index is 2.46. The van der Waals surface area contributed by atoms with Crippen molar-refractivity contribution in [2.45, 2.75) is 26.3 Å². The van der Waals surface area contributed by atoms with Crippen molar-refractivity contribution in [2.24, 2.45) is 0 Å². The maximum Gasteiger partial charge on any atom is 0.0592 e. The summed E-state index contributed by atoms with van der Waals surface area (Å²) in [6.07, 6.45) is 2.44. The predicted octanol–water partition coefficient (Wildman–Crippen LogP) is 3.99. The van der Waals surface area contributed by atoms with Gasteiger partial charge in [-0.05, 0) is 40.5 Å². The largest absolute Gasteiger partial charge is 0.313 e. The van der Waals surface area contributed by atoms with E-state index in [1.54, 1.807) is 0 Å². The Bertz CT molecular complexity index is 289. The zero-order valence-electron chi connectivity index (χ0n) is 8.32. The van der Waals surface area contributed by atoms with Crippen LogP contribution >= 0.6 is 27.5 Å². The highest BCUT2D eigenvalue weighted by Crippen LogP contribution is 2.25. The number of rotatable bonds is 5. The molecule has 14 heavy (non-hydrogen) atoms. The molecule has 0 spiro atoms. The summed E-state index contributed by atoms with van der Waals surface area (Å²) in [5.74, 6) is 0. The molecule has 1 aromatic rings. The van der Waals surface area contributed by atoms with Crippen molar-refractivity contribution < 1.29 is 0 Å². The number of benzene rings is 1. The molecular formula is C11H15BrClN. The quantitative estimate of drug-likeness (QED) is 0.802. The third kappa shape index (κ3) is 3.60. The molecule has 0 aliphatic rings. The van der Waals surface area contributed by atoms with Gasteiger partial charge in [0.1, 0.15) is 0 Å². The minimum Gasteiger partial charge on any atom is -0.313 e. The van der Waals surface area contributed by atoms with Crippen LogP contribution < -0.4 is 5.32 Å². The minimum atomic E-state index is 0.816. The fraction of sp³-hybridized carbons (Fsp3) is 0.455. The van der Waals surface area contributed by atoms with Gasteiger partial charge >= 0.3 is 0 Å². The Hall–Kier alpha value is -0.0500. The third-order valence-corrected chi connectivity index (χ3v) is 3.39. The lowest BCUT2D eigenvalue weighted by molar-refractivity contribution is 0.641. The van der Waals surface area contributed by atoms with Crippen molar-refractivity contribution in [1.82, 2.24) is 5.32 Å². The first-order chi connectivity index (χ1) is 6.75. The molecule has 0 atom stereocenters. The van der Waals surface area contributed by atoms with E-state index in [9.17, 15) is 0 Å². The van der Waals surface area contributed by atoms with Crippen LogP contribution in [0.1, 0.15) is 25.3 Å². The van der Waals surface area contributed by atoms with Crippen LogP contribution in [0.25, 0.3) is 0 Å². The molecule has 0 radical (unpaired) electrons. The van der Waals surface area contributed by atoms with E-state index < -0.39 is 0 Å². The molecule has 0 amide bonds. The standard InChI is InChI=1S/C11H15BrClN/c1-2-3-7-14-8-9-5-4-6-10(12)11(9)13/h4-6,14H,2-3,7-8H2,1H3. The summed E-state index contributed by atoms with van der Waals surface area (Å²) in [6.45, 7) is 4.09. The zero-order valence-corrected chi connectivity index (χ0v) is 10.7. The molecule has 1 rings (SSSR count). The minimum absolute atomic E-state index is 0.816. The van der Waals surface area contributed by atoms with Crippen LogP contribution in [0, 0.1) is 0 Å². The van der Waals surface area contributed by atoms with E-state index in [2.05, 4.69) is 28.2 Å².